The monoisotopic (exact) mass is 611 g/mol. The van der Waals surface area contributed by atoms with Crippen molar-refractivity contribution in [1.82, 2.24) is 0 Å². The van der Waals surface area contributed by atoms with Gasteiger partial charge in [-0.15, -0.1) is 0 Å². The van der Waals surface area contributed by atoms with Crippen molar-refractivity contribution in [2.24, 2.45) is 0 Å². The molecule has 0 saturated heterocycles. The fourth-order valence-corrected chi connectivity index (χ4v) is 5.53. The highest BCUT2D eigenvalue weighted by atomic mass is 16.3. The van der Waals surface area contributed by atoms with Crippen molar-refractivity contribution in [3.63, 3.8) is 0 Å². The fraction of sp³-hybridized carbons (Fsp3) is 0.0769. The molecule has 0 bridgehead atoms. The molecule has 0 saturated carbocycles. The van der Waals surface area contributed by atoms with Gasteiger partial charge in [0.25, 0.3) is 0 Å². The number of aromatic hydroxyl groups is 3. The summed E-state index contributed by atoms with van der Waals surface area (Å²) in [5.41, 5.74) is 9.53. The summed E-state index contributed by atoms with van der Waals surface area (Å²) in [6.07, 6.45) is 0. The van der Waals surface area contributed by atoms with Gasteiger partial charge in [0.1, 0.15) is 17.2 Å². The molecule has 0 fully saturated rings. The highest BCUT2D eigenvalue weighted by molar-refractivity contribution is 5.81. The van der Waals surface area contributed by atoms with E-state index in [1.165, 1.54) is 0 Å². The summed E-state index contributed by atoms with van der Waals surface area (Å²) in [4.78, 5) is 2.12. The number of hydrogen-bond acceptors (Lipinski definition) is 7. The second-order valence-corrected chi connectivity index (χ2v) is 11.0. The molecule has 0 spiro atoms. The van der Waals surface area contributed by atoms with Gasteiger partial charge >= 0.3 is 0 Å². The zero-order valence-electron chi connectivity index (χ0n) is 24.9. The molecule has 0 aliphatic carbocycles. The minimum absolute atomic E-state index is 0.0562. The van der Waals surface area contributed by atoms with Crippen LogP contribution in [-0.4, -0.2) is 30.6 Å². The quantitative estimate of drug-likeness (QED) is 0.0988. The second kappa shape index (κ2) is 13.2. The second-order valence-electron chi connectivity index (χ2n) is 11.0. The summed E-state index contributed by atoms with van der Waals surface area (Å²) in [5.74, 6) is 0.169. The third-order valence-corrected chi connectivity index (χ3v) is 8.13. The van der Waals surface area contributed by atoms with Crippen molar-refractivity contribution in [1.29, 1.82) is 0 Å². The van der Waals surface area contributed by atoms with Crippen molar-refractivity contribution in [2.45, 2.75) is 19.8 Å². The first-order valence-corrected chi connectivity index (χ1v) is 14.8. The molecule has 6 aromatic carbocycles. The number of aliphatic hydroxyl groups is 3. The third kappa shape index (κ3) is 6.16. The minimum atomic E-state index is -0.256. The normalized spacial score (nSPS) is 11.0. The first kappa shape index (κ1) is 30.4. The largest absolute Gasteiger partial charge is 0.508 e. The summed E-state index contributed by atoms with van der Waals surface area (Å²) in [7, 11) is 0. The Balaban J connectivity index is 1.38. The van der Waals surface area contributed by atoms with E-state index in [-0.39, 0.29) is 37.1 Å². The number of benzene rings is 6. The maximum atomic E-state index is 10.0. The predicted molar refractivity (Wildman–Crippen MR) is 180 cm³/mol. The first-order valence-electron chi connectivity index (χ1n) is 14.8. The van der Waals surface area contributed by atoms with Crippen LogP contribution in [0.4, 0.5) is 17.1 Å². The lowest BCUT2D eigenvalue weighted by Gasteiger charge is -2.26. The van der Waals surface area contributed by atoms with Crippen molar-refractivity contribution in [2.75, 3.05) is 4.90 Å². The van der Waals surface area contributed by atoms with Crippen molar-refractivity contribution in [3.8, 4) is 50.6 Å². The van der Waals surface area contributed by atoms with E-state index in [9.17, 15) is 30.6 Å². The number of aliphatic hydroxyl groups excluding tert-OH is 3. The van der Waals surface area contributed by atoms with Gasteiger partial charge < -0.3 is 35.5 Å². The molecule has 230 valence electrons. The van der Waals surface area contributed by atoms with E-state index in [1.54, 1.807) is 36.4 Å². The van der Waals surface area contributed by atoms with Crippen LogP contribution in [-0.2, 0) is 19.8 Å². The van der Waals surface area contributed by atoms with Crippen LogP contribution in [0.15, 0.2) is 127 Å². The van der Waals surface area contributed by atoms with Crippen LogP contribution >= 0.6 is 0 Å². The summed E-state index contributed by atoms with van der Waals surface area (Å²) in [6, 6.07) is 39.6. The summed E-state index contributed by atoms with van der Waals surface area (Å²) in [5, 5.41) is 58.8. The molecule has 0 heterocycles. The Morgan fingerprint density at radius 1 is 0.326 bits per heavy atom. The third-order valence-electron chi connectivity index (χ3n) is 8.13. The van der Waals surface area contributed by atoms with Crippen molar-refractivity contribution >= 4 is 17.1 Å². The lowest BCUT2D eigenvalue weighted by molar-refractivity contribution is 0.275. The Hall–Kier alpha value is -5.60. The van der Waals surface area contributed by atoms with Crippen LogP contribution in [0.1, 0.15) is 16.7 Å². The van der Waals surface area contributed by atoms with Gasteiger partial charge in [0.05, 0.1) is 19.8 Å². The molecule has 6 N–H and O–H groups in total. The maximum absolute atomic E-state index is 10.0. The Morgan fingerprint density at radius 2 is 0.565 bits per heavy atom. The molecule has 0 radical (unpaired) electrons. The van der Waals surface area contributed by atoms with Gasteiger partial charge in [-0.05, 0) is 106 Å². The molecule has 6 rings (SSSR count). The van der Waals surface area contributed by atoms with Gasteiger partial charge in [0.2, 0.25) is 0 Å². The van der Waals surface area contributed by atoms with Gasteiger partial charge in [-0.25, -0.2) is 0 Å². The SMILES string of the molecule is OCc1cc(-c2ccc(N(c3ccc(-c4ccc(O)c(CO)c4)cc3)c3ccc(-c4ccc(O)c(CO)c4)cc3)cc2)ccc1O. The average Bonchev–Trinajstić information content (AvgIpc) is 3.10. The Kier molecular flexibility index (Phi) is 8.72. The number of nitrogens with zero attached hydrogens (tertiary/aromatic N) is 1. The van der Waals surface area contributed by atoms with Gasteiger partial charge in [-0.1, -0.05) is 54.6 Å². The van der Waals surface area contributed by atoms with E-state index in [2.05, 4.69) is 4.90 Å². The lowest BCUT2D eigenvalue weighted by Crippen LogP contribution is -2.09. The molecule has 0 amide bonds. The molecule has 0 unspecified atom stereocenters. The molecule has 7 nitrogen and oxygen atoms in total. The molecule has 7 heteroatoms. The van der Waals surface area contributed by atoms with Crippen molar-refractivity contribution < 1.29 is 30.6 Å². The first-order chi connectivity index (χ1) is 22.4. The van der Waals surface area contributed by atoms with Crippen LogP contribution in [0.5, 0.6) is 17.2 Å². The molecule has 0 aromatic heterocycles. The standard InChI is InChI=1S/C39H33NO6/c41-22-31-19-28(7-16-37(31)44)25-1-10-34(11-2-25)40(35-12-3-26(4-13-35)29-8-17-38(45)32(20-29)23-42)36-14-5-27(6-15-36)30-9-18-39(46)33(21-30)24-43/h1-21,41-46H,22-24H2. The molecule has 0 atom stereocenters. The van der Waals surface area contributed by atoms with Gasteiger partial charge in [0.15, 0.2) is 0 Å². The van der Waals surface area contributed by atoms with Gasteiger partial charge in [-0.3, -0.25) is 0 Å². The Labute approximate surface area is 266 Å². The Morgan fingerprint density at radius 3 is 0.804 bits per heavy atom. The van der Waals surface area contributed by atoms with E-state index in [0.717, 1.165) is 50.4 Å². The van der Waals surface area contributed by atoms with Gasteiger partial charge in [-0.2, -0.15) is 0 Å². The Bertz CT molecular complexity index is 1740. The van der Waals surface area contributed by atoms with E-state index < -0.39 is 0 Å². The minimum Gasteiger partial charge on any atom is -0.508 e. The zero-order valence-corrected chi connectivity index (χ0v) is 24.9. The van der Waals surface area contributed by atoms with Crippen LogP contribution in [0.3, 0.4) is 0 Å². The maximum Gasteiger partial charge on any atom is 0.121 e. The fourth-order valence-electron chi connectivity index (χ4n) is 5.53. The molecular formula is C39H33NO6. The highest BCUT2D eigenvalue weighted by Gasteiger charge is 2.15. The molecule has 0 aliphatic heterocycles. The molecule has 0 aliphatic rings. The van der Waals surface area contributed by atoms with Crippen LogP contribution in [0.25, 0.3) is 33.4 Å². The van der Waals surface area contributed by atoms with E-state index in [4.69, 9.17) is 0 Å². The zero-order chi connectivity index (χ0) is 32.2. The topological polar surface area (TPSA) is 125 Å². The molecule has 6 aromatic rings. The van der Waals surface area contributed by atoms with Crippen LogP contribution in [0, 0.1) is 0 Å². The van der Waals surface area contributed by atoms with E-state index in [1.807, 2.05) is 91.0 Å². The number of hydrogen-bond donors (Lipinski definition) is 6. The number of rotatable bonds is 9. The molecular weight excluding hydrogens is 578 g/mol. The summed E-state index contributed by atoms with van der Waals surface area (Å²) < 4.78 is 0. The van der Waals surface area contributed by atoms with E-state index >= 15 is 0 Å². The van der Waals surface area contributed by atoms with Gasteiger partial charge in [0, 0.05) is 33.8 Å². The van der Waals surface area contributed by atoms with Crippen LogP contribution in [0.2, 0.25) is 0 Å². The average molecular weight is 612 g/mol. The molecule has 46 heavy (non-hydrogen) atoms. The van der Waals surface area contributed by atoms with Crippen LogP contribution < -0.4 is 4.90 Å². The smallest absolute Gasteiger partial charge is 0.121 e. The van der Waals surface area contributed by atoms with E-state index in [0.29, 0.717) is 16.7 Å². The number of phenols is 3. The lowest BCUT2D eigenvalue weighted by atomic mass is 10.0. The highest BCUT2D eigenvalue weighted by Crippen LogP contribution is 2.38. The van der Waals surface area contributed by atoms with Crippen molar-refractivity contribution in [3.05, 3.63) is 144 Å². The summed E-state index contributed by atoms with van der Waals surface area (Å²) in [6.45, 7) is -0.767. The predicted octanol–water partition coefficient (Wildman–Crippen LogP) is 7.75. The summed E-state index contributed by atoms with van der Waals surface area (Å²) >= 11 is 0. The number of anilines is 3.